The number of nitrogens with zero attached hydrogens (tertiary/aromatic N) is 2. The molecule has 1 aromatic carbocycles. The van der Waals surface area contributed by atoms with E-state index < -0.39 is 0 Å². The Bertz CT molecular complexity index is 636. The fourth-order valence-corrected chi connectivity index (χ4v) is 4.84. The highest BCUT2D eigenvalue weighted by molar-refractivity contribution is 14.0. The summed E-state index contributed by atoms with van der Waals surface area (Å²) in [6, 6.07) is 11.1. The molecule has 0 saturated carbocycles. The Morgan fingerprint density at radius 3 is 2.45 bits per heavy atom. The smallest absolute Gasteiger partial charge is 0.191 e. The number of ether oxygens (including phenoxy) is 2. The highest BCUT2D eigenvalue weighted by Crippen LogP contribution is 2.33. The van der Waals surface area contributed by atoms with Crippen molar-refractivity contribution in [2.75, 3.05) is 53.0 Å². The Kier molecular flexibility index (Phi) is 12.1. The molecule has 2 N–H and O–H groups in total. The van der Waals surface area contributed by atoms with Crippen LogP contribution >= 0.6 is 24.0 Å². The largest absolute Gasteiger partial charge is 0.379 e. The van der Waals surface area contributed by atoms with Gasteiger partial charge in [0.05, 0.1) is 19.3 Å². The van der Waals surface area contributed by atoms with Gasteiger partial charge in [0.15, 0.2) is 5.96 Å². The molecule has 2 saturated heterocycles. The zero-order valence-corrected chi connectivity index (χ0v) is 21.7. The summed E-state index contributed by atoms with van der Waals surface area (Å²) in [6.07, 6.45) is 3.64. The van der Waals surface area contributed by atoms with Gasteiger partial charge in [-0.1, -0.05) is 57.0 Å². The molecule has 0 aliphatic carbocycles. The molecular formula is C24H41IN4O2. The lowest BCUT2D eigenvalue weighted by Gasteiger charge is -2.39. The fourth-order valence-electron chi connectivity index (χ4n) is 4.84. The minimum atomic E-state index is 0. The Labute approximate surface area is 205 Å². The van der Waals surface area contributed by atoms with Gasteiger partial charge in [0.25, 0.3) is 0 Å². The fraction of sp³-hybridized carbons (Fsp3) is 0.708. The van der Waals surface area contributed by atoms with Crippen LogP contribution in [0, 0.1) is 11.8 Å². The average Bonchev–Trinajstić information content (AvgIpc) is 3.28. The van der Waals surface area contributed by atoms with Crippen molar-refractivity contribution in [3.05, 3.63) is 35.9 Å². The van der Waals surface area contributed by atoms with Crippen LogP contribution in [-0.4, -0.2) is 69.9 Å². The maximum Gasteiger partial charge on any atom is 0.191 e. The summed E-state index contributed by atoms with van der Waals surface area (Å²) < 4.78 is 11.6. The standard InChI is InChI=1S/C24H40N4O2.HI/c1-4-19(5-2)22(28-12-15-29-16-13-28)18-27-24(25-3)26-17-21-11-14-30-23(21)20-9-7-6-8-10-20;/h6-10,19,21-23H,4-5,11-18H2,1-3H3,(H2,25,26,27);1H. The molecule has 0 bridgehead atoms. The van der Waals surface area contributed by atoms with Crippen molar-refractivity contribution in [2.24, 2.45) is 16.8 Å². The van der Waals surface area contributed by atoms with E-state index in [-0.39, 0.29) is 30.1 Å². The zero-order chi connectivity index (χ0) is 21.2. The summed E-state index contributed by atoms with van der Waals surface area (Å²) >= 11 is 0. The first-order valence-electron chi connectivity index (χ1n) is 11.7. The maximum atomic E-state index is 6.04. The Morgan fingerprint density at radius 2 is 1.81 bits per heavy atom. The molecule has 176 valence electrons. The topological polar surface area (TPSA) is 58.1 Å². The normalized spacial score (nSPS) is 23.4. The lowest BCUT2D eigenvalue weighted by atomic mass is 9.92. The van der Waals surface area contributed by atoms with Gasteiger partial charge in [-0.05, 0) is 17.9 Å². The number of halogens is 1. The van der Waals surface area contributed by atoms with E-state index >= 15 is 0 Å². The number of benzene rings is 1. The Morgan fingerprint density at radius 1 is 1.10 bits per heavy atom. The molecule has 0 amide bonds. The van der Waals surface area contributed by atoms with E-state index in [1.54, 1.807) is 0 Å². The van der Waals surface area contributed by atoms with Crippen LogP contribution in [0.5, 0.6) is 0 Å². The molecule has 1 aromatic rings. The van der Waals surface area contributed by atoms with Crippen LogP contribution in [-0.2, 0) is 9.47 Å². The van der Waals surface area contributed by atoms with Crippen molar-refractivity contribution in [1.29, 1.82) is 0 Å². The van der Waals surface area contributed by atoms with Crippen LogP contribution in [0.25, 0.3) is 0 Å². The number of guanidine groups is 1. The number of aliphatic imine (C=N–C) groups is 1. The molecule has 31 heavy (non-hydrogen) atoms. The third-order valence-electron chi connectivity index (χ3n) is 6.68. The molecule has 0 aromatic heterocycles. The van der Waals surface area contributed by atoms with E-state index in [2.05, 4.69) is 64.7 Å². The predicted octanol–water partition coefficient (Wildman–Crippen LogP) is 3.68. The zero-order valence-electron chi connectivity index (χ0n) is 19.4. The van der Waals surface area contributed by atoms with E-state index in [0.29, 0.717) is 17.9 Å². The van der Waals surface area contributed by atoms with Crippen LogP contribution in [0.2, 0.25) is 0 Å². The van der Waals surface area contributed by atoms with E-state index in [9.17, 15) is 0 Å². The third-order valence-corrected chi connectivity index (χ3v) is 6.68. The van der Waals surface area contributed by atoms with Gasteiger partial charge in [-0.25, -0.2) is 0 Å². The highest BCUT2D eigenvalue weighted by atomic mass is 127. The van der Waals surface area contributed by atoms with Crippen LogP contribution in [0.15, 0.2) is 35.3 Å². The Balaban J connectivity index is 0.00000341. The van der Waals surface area contributed by atoms with Gasteiger partial charge >= 0.3 is 0 Å². The van der Waals surface area contributed by atoms with Gasteiger partial charge in [-0.15, -0.1) is 24.0 Å². The third kappa shape index (κ3) is 7.58. The van der Waals surface area contributed by atoms with Gasteiger partial charge in [-0.3, -0.25) is 9.89 Å². The molecular weight excluding hydrogens is 503 g/mol. The summed E-state index contributed by atoms with van der Waals surface area (Å²) in [5.41, 5.74) is 1.27. The van der Waals surface area contributed by atoms with Gasteiger partial charge in [0.1, 0.15) is 0 Å². The van der Waals surface area contributed by atoms with Gasteiger partial charge in [0.2, 0.25) is 0 Å². The number of nitrogens with one attached hydrogen (secondary N) is 2. The molecule has 2 fully saturated rings. The van der Waals surface area contributed by atoms with E-state index in [1.165, 1.54) is 18.4 Å². The van der Waals surface area contributed by atoms with Crippen molar-refractivity contribution in [3.8, 4) is 0 Å². The van der Waals surface area contributed by atoms with E-state index in [1.807, 2.05) is 7.05 Å². The molecule has 0 radical (unpaired) electrons. The molecule has 2 heterocycles. The van der Waals surface area contributed by atoms with Crippen LogP contribution in [0.3, 0.4) is 0 Å². The molecule has 7 heteroatoms. The van der Waals surface area contributed by atoms with Gasteiger partial charge < -0.3 is 20.1 Å². The second kappa shape index (κ2) is 14.3. The molecule has 3 rings (SSSR count). The first-order chi connectivity index (χ1) is 14.8. The second-order valence-electron chi connectivity index (χ2n) is 8.38. The summed E-state index contributed by atoms with van der Waals surface area (Å²) in [6.45, 7) is 10.9. The van der Waals surface area contributed by atoms with Crippen molar-refractivity contribution < 1.29 is 9.47 Å². The molecule has 0 spiro atoms. The molecule has 6 nitrogen and oxygen atoms in total. The first-order valence-corrected chi connectivity index (χ1v) is 11.7. The summed E-state index contributed by atoms with van der Waals surface area (Å²) in [5.74, 6) is 2.03. The minimum Gasteiger partial charge on any atom is -0.379 e. The van der Waals surface area contributed by atoms with Crippen molar-refractivity contribution in [3.63, 3.8) is 0 Å². The van der Waals surface area contributed by atoms with Gasteiger partial charge in [-0.2, -0.15) is 0 Å². The average molecular weight is 545 g/mol. The van der Waals surface area contributed by atoms with E-state index in [0.717, 1.165) is 58.4 Å². The second-order valence-corrected chi connectivity index (χ2v) is 8.38. The minimum absolute atomic E-state index is 0. The predicted molar refractivity (Wildman–Crippen MR) is 138 cm³/mol. The molecule has 3 atom stereocenters. The van der Waals surface area contributed by atoms with E-state index in [4.69, 9.17) is 9.47 Å². The lowest BCUT2D eigenvalue weighted by Crippen LogP contribution is -2.53. The van der Waals surface area contributed by atoms with Crippen LogP contribution in [0.4, 0.5) is 0 Å². The molecule has 3 unspecified atom stereocenters. The van der Waals surface area contributed by atoms with Crippen LogP contribution in [0.1, 0.15) is 44.8 Å². The van der Waals surface area contributed by atoms with Crippen molar-refractivity contribution in [2.45, 2.75) is 45.3 Å². The summed E-state index contributed by atoms with van der Waals surface area (Å²) in [5, 5.41) is 7.17. The highest BCUT2D eigenvalue weighted by Gasteiger charge is 2.30. The Hall–Kier alpha value is -0.900. The molecule has 2 aliphatic heterocycles. The SMILES string of the molecule is CCC(CC)C(CNC(=NC)NCC1CCOC1c1ccccc1)N1CCOCC1.I. The maximum absolute atomic E-state index is 6.04. The number of morpholine rings is 1. The quantitative estimate of drug-likeness (QED) is 0.282. The summed E-state index contributed by atoms with van der Waals surface area (Å²) in [4.78, 5) is 7.08. The van der Waals surface area contributed by atoms with Crippen molar-refractivity contribution in [1.82, 2.24) is 15.5 Å². The lowest BCUT2D eigenvalue weighted by molar-refractivity contribution is 0.00271. The summed E-state index contributed by atoms with van der Waals surface area (Å²) in [7, 11) is 1.86. The number of rotatable bonds is 9. The number of hydrogen-bond acceptors (Lipinski definition) is 4. The monoisotopic (exact) mass is 544 g/mol. The number of hydrogen-bond donors (Lipinski definition) is 2. The van der Waals surface area contributed by atoms with Crippen molar-refractivity contribution >= 4 is 29.9 Å². The van der Waals surface area contributed by atoms with Gasteiger partial charge in [0, 0.05) is 51.8 Å². The molecule has 2 aliphatic rings. The first kappa shape index (κ1) is 26.4. The van der Waals surface area contributed by atoms with Crippen LogP contribution < -0.4 is 10.6 Å².